The first-order valence-electron chi connectivity index (χ1n) is 16.0. The molecule has 6 rings (SSSR count). The van der Waals surface area contributed by atoms with Gasteiger partial charge in [0.05, 0.1) is 22.4 Å². The molecule has 4 heterocycles. The van der Waals surface area contributed by atoms with Crippen LogP contribution in [0.1, 0.15) is 79.1 Å². The van der Waals surface area contributed by atoms with Crippen molar-refractivity contribution in [3.05, 3.63) is 64.6 Å². The van der Waals surface area contributed by atoms with Gasteiger partial charge in [0.2, 0.25) is 11.8 Å². The van der Waals surface area contributed by atoms with Crippen molar-refractivity contribution in [2.24, 2.45) is 5.41 Å². The number of hydrogen-bond acceptors (Lipinski definition) is 6. The molecule has 0 saturated carbocycles. The summed E-state index contributed by atoms with van der Waals surface area (Å²) in [5.74, 6) is 0.0528. The second kappa shape index (κ2) is 12.6. The van der Waals surface area contributed by atoms with Crippen LogP contribution >= 0.6 is 11.8 Å². The molecule has 9 nitrogen and oxygen atoms in total. The van der Waals surface area contributed by atoms with Crippen LogP contribution < -0.4 is 10.6 Å². The van der Waals surface area contributed by atoms with Gasteiger partial charge in [0.1, 0.15) is 5.37 Å². The Morgan fingerprint density at radius 1 is 0.977 bits per heavy atom. The third-order valence-electron chi connectivity index (χ3n) is 9.41. The van der Waals surface area contributed by atoms with Crippen molar-refractivity contribution >= 4 is 40.3 Å². The fraction of sp³-hybridized carbons (Fsp3) is 0.559. The number of aromatic amines is 1. The van der Waals surface area contributed by atoms with E-state index in [0.29, 0.717) is 32.5 Å². The minimum Gasteiger partial charge on any atom is -0.393 e. The van der Waals surface area contributed by atoms with Crippen LogP contribution in [0.5, 0.6) is 0 Å². The molecule has 44 heavy (non-hydrogen) atoms. The van der Waals surface area contributed by atoms with Gasteiger partial charge in [-0.2, -0.15) is 0 Å². The second-order valence-corrected chi connectivity index (χ2v) is 15.0. The number of aliphatic hydroxyl groups excluding tert-OH is 1. The molecule has 1 aromatic heterocycles. The number of hydrogen-bond donors (Lipinski definition) is 2. The van der Waals surface area contributed by atoms with Crippen molar-refractivity contribution in [2.45, 2.75) is 82.1 Å². The van der Waals surface area contributed by atoms with Crippen LogP contribution in [0, 0.1) is 5.41 Å². The summed E-state index contributed by atoms with van der Waals surface area (Å²) in [6, 6.07) is 16.1. The molecule has 3 saturated heterocycles. The van der Waals surface area contributed by atoms with E-state index in [-0.39, 0.29) is 49.7 Å². The van der Waals surface area contributed by atoms with E-state index >= 15 is 0 Å². The number of carbonyl (C=O) groups excluding carboxylic acids is 2. The molecule has 0 spiro atoms. The third kappa shape index (κ3) is 6.42. The maximum absolute atomic E-state index is 14.0. The van der Waals surface area contributed by atoms with E-state index < -0.39 is 5.25 Å². The van der Waals surface area contributed by atoms with Crippen LogP contribution in [-0.2, 0) is 9.59 Å². The molecule has 2 amide bonds. The summed E-state index contributed by atoms with van der Waals surface area (Å²) < 4.78 is 1.84. The van der Waals surface area contributed by atoms with Crippen LogP contribution in [0.4, 0.5) is 5.69 Å². The third-order valence-corrected chi connectivity index (χ3v) is 10.9. The molecule has 0 radical (unpaired) electrons. The lowest BCUT2D eigenvalue weighted by Crippen LogP contribution is -2.42. The Morgan fingerprint density at radius 3 is 2.39 bits per heavy atom. The zero-order valence-electron chi connectivity index (χ0n) is 26.1. The molecule has 3 aliphatic rings. The normalized spacial score (nSPS) is 22.4. The van der Waals surface area contributed by atoms with Gasteiger partial charge in [-0.15, -0.1) is 11.8 Å². The minimum absolute atomic E-state index is 0. The summed E-state index contributed by atoms with van der Waals surface area (Å²) in [6.45, 7) is 9.93. The maximum atomic E-state index is 14.0. The molecule has 3 aromatic rings. The first-order chi connectivity index (χ1) is 21.1. The van der Waals surface area contributed by atoms with Crippen molar-refractivity contribution in [1.82, 2.24) is 19.4 Å². The van der Waals surface area contributed by atoms with Gasteiger partial charge < -0.3 is 24.8 Å². The van der Waals surface area contributed by atoms with E-state index in [2.05, 4.69) is 42.8 Å². The lowest BCUT2D eigenvalue weighted by atomic mass is 9.92. The molecule has 1 unspecified atom stereocenters. The van der Waals surface area contributed by atoms with Gasteiger partial charge in [0.25, 0.3) is 0 Å². The number of carbonyl (C=O) groups is 2. The Labute approximate surface area is 266 Å². The predicted molar refractivity (Wildman–Crippen MR) is 180 cm³/mol. The fourth-order valence-corrected chi connectivity index (χ4v) is 8.34. The van der Waals surface area contributed by atoms with Crippen molar-refractivity contribution < 1.29 is 17.5 Å². The standard InChI is InChI=1S/C34H45N5O4S.2H2/c1-34(2,3)16-21-38-31(42)29(44-32(38)25-8-4-6-10-27(25)36-19-14-24(40)15-20-36)22-30(41)37-17-12-23(13-18-37)39-28-11-7-5-9-26(28)35-33(39)43;;/h4-11,23-24,29,32,40H,12-22H2,1-3H3,(H,35,43);2*1H/t29?,32-;;/m0../s1. The highest BCUT2D eigenvalue weighted by molar-refractivity contribution is 8.01. The summed E-state index contributed by atoms with van der Waals surface area (Å²) in [5, 5.41) is 9.49. The van der Waals surface area contributed by atoms with Crippen molar-refractivity contribution in [1.29, 1.82) is 0 Å². The number of aromatic nitrogens is 2. The SMILES string of the molecule is CC(C)(C)CCN1C(=O)C(CC(=O)N2CCC(n3c(=O)[nH]c4ccccc43)CC2)S[C@H]1c1ccccc1N1CCC(O)CC1.[HH].[HH]. The number of para-hydroxylation sites is 3. The first kappa shape index (κ1) is 30.8. The van der Waals surface area contributed by atoms with Crippen LogP contribution in [0.25, 0.3) is 11.0 Å². The molecular formula is C34H49N5O4S. The van der Waals surface area contributed by atoms with E-state index in [0.717, 1.165) is 54.6 Å². The number of aliphatic hydroxyl groups is 1. The van der Waals surface area contributed by atoms with Crippen molar-refractivity contribution in [3.63, 3.8) is 0 Å². The molecule has 2 atom stereocenters. The topological polar surface area (TPSA) is 102 Å². The summed E-state index contributed by atoms with van der Waals surface area (Å²) in [4.78, 5) is 49.5. The molecule has 2 N–H and O–H groups in total. The number of rotatable bonds is 7. The smallest absolute Gasteiger partial charge is 0.326 e. The zero-order chi connectivity index (χ0) is 31.0. The number of imidazole rings is 1. The lowest BCUT2D eigenvalue weighted by molar-refractivity contribution is -0.136. The number of benzene rings is 2. The summed E-state index contributed by atoms with van der Waals surface area (Å²) in [7, 11) is 0. The summed E-state index contributed by atoms with van der Waals surface area (Å²) >= 11 is 1.61. The Hall–Kier alpha value is -3.24. The van der Waals surface area contributed by atoms with Crippen LogP contribution in [0.2, 0.25) is 0 Å². The van der Waals surface area contributed by atoms with Crippen molar-refractivity contribution in [2.75, 3.05) is 37.6 Å². The van der Waals surface area contributed by atoms with E-state index in [9.17, 15) is 19.5 Å². The minimum atomic E-state index is -0.433. The van der Waals surface area contributed by atoms with Gasteiger partial charge in [-0.3, -0.25) is 14.2 Å². The van der Waals surface area contributed by atoms with E-state index in [1.807, 2.05) is 50.8 Å². The van der Waals surface area contributed by atoms with Gasteiger partial charge >= 0.3 is 5.69 Å². The molecule has 3 fully saturated rings. The summed E-state index contributed by atoms with van der Waals surface area (Å²) in [5.41, 5.74) is 3.92. The first-order valence-corrected chi connectivity index (χ1v) is 17.0. The number of nitrogens with zero attached hydrogens (tertiary/aromatic N) is 4. The number of likely N-dealkylation sites (tertiary alicyclic amines) is 1. The molecular weight excluding hydrogens is 574 g/mol. The van der Waals surface area contributed by atoms with Gasteiger partial charge in [0.15, 0.2) is 0 Å². The monoisotopic (exact) mass is 623 g/mol. The fourth-order valence-electron chi connectivity index (χ4n) is 6.84. The van der Waals surface area contributed by atoms with Crippen LogP contribution in [0.3, 0.4) is 0 Å². The van der Waals surface area contributed by atoms with Gasteiger partial charge in [-0.05, 0) is 55.7 Å². The number of fused-ring (bicyclic) bond motifs is 1. The van der Waals surface area contributed by atoms with E-state index in [1.165, 1.54) is 0 Å². The number of nitrogens with one attached hydrogen (secondary N) is 1. The Kier molecular flexibility index (Phi) is 8.84. The van der Waals surface area contributed by atoms with Gasteiger partial charge in [0, 0.05) is 59.3 Å². The Balaban J connectivity index is 0.00000240. The maximum Gasteiger partial charge on any atom is 0.326 e. The van der Waals surface area contributed by atoms with Gasteiger partial charge in [-0.25, -0.2) is 4.79 Å². The average Bonchev–Trinajstić information content (AvgIpc) is 3.51. The zero-order valence-corrected chi connectivity index (χ0v) is 26.9. The highest BCUT2D eigenvalue weighted by Gasteiger charge is 2.44. The van der Waals surface area contributed by atoms with Crippen LogP contribution in [0.15, 0.2) is 53.3 Å². The predicted octanol–water partition coefficient (Wildman–Crippen LogP) is 5.42. The second-order valence-electron chi connectivity index (χ2n) is 13.7. The van der Waals surface area contributed by atoms with E-state index in [4.69, 9.17) is 0 Å². The average molecular weight is 624 g/mol. The van der Waals surface area contributed by atoms with Crippen LogP contribution in [-0.4, -0.2) is 80.3 Å². The molecule has 0 bridgehead atoms. The number of thioether (sulfide) groups is 1. The molecule has 10 heteroatoms. The quantitative estimate of drug-likeness (QED) is 0.365. The molecule has 2 aromatic carbocycles. The molecule has 0 aliphatic carbocycles. The molecule has 3 aliphatic heterocycles. The highest BCUT2D eigenvalue weighted by atomic mass is 32.2. The Bertz CT molecular complexity index is 1560. The lowest BCUT2D eigenvalue weighted by Gasteiger charge is -2.35. The van der Waals surface area contributed by atoms with E-state index in [1.54, 1.807) is 11.8 Å². The highest BCUT2D eigenvalue weighted by Crippen LogP contribution is 2.48. The van der Waals surface area contributed by atoms with Crippen molar-refractivity contribution in [3.8, 4) is 0 Å². The largest absolute Gasteiger partial charge is 0.393 e. The Morgan fingerprint density at radius 2 is 1.66 bits per heavy atom. The summed E-state index contributed by atoms with van der Waals surface area (Å²) in [6.07, 6.45) is 3.68. The molecule has 240 valence electrons. The number of H-pyrrole nitrogens is 1. The van der Waals surface area contributed by atoms with Gasteiger partial charge in [-0.1, -0.05) is 51.1 Å². The number of amides is 2. The number of anilines is 1. The number of piperidine rings is 2.